The van der Waals surface area contributed by atoms with Crippen molar-refractivity contribution < 1.29 is 4.79 Å². The lowest BCUT2D eigenvalue weighted by Crippen LogP contribution is -2.28. The molecule has 0 amide bonds. The molecule has 4 nitrogen and oxygen atoms in total. The Morgan fingerprint density at radius 2 is 2.16 bits per heavy atom. The highest BCUT2D eigenvalue weighted by molar-refractivity contribution is 5.98. The van der Waals surface area contributed by atoms with E-state index in [1.54, 1.807) is 6.20 Å². The molecule has 0 atom stereocenters. The third-order valence-electron chi connectivity index (χ3n) is 3.62. The summed E-state index contributed by atoms with van der Waals surface area (Å²) in [7, 11) is 0. The molecule has 0 aliphatic heterocycles. The Labute approximate surface area is 112 Å². The molecule has 19 heavy (non-hydrogen) atoms. The molecule has 0 N–H and O–H groups in total. The Hall–Kier alpha value is -1.97. The molecule has 4 heteroatoms. The zero-order valence-electron chi connectivity index (χ0n) is 11.3. The summed E-state index contributed by atoms with van der Waals surface area (Å²) in [6, 6.07) is 5.77. The Morgan fingerprint density at radius 3 is 2.89 bits per heavy atom. The van der Waals surface area contributed by atoms with Crippen molar-refractivity contribution >= 4 is 5.78 Å². The Balaban J connectivity index is 1.95. The fraction of sp³-hybridized carbons (Fsp3) is 0.400. The van der Waals surface area contributed by atoms with Crippen LogP contribution in [-0.2, 0) is 13.0 Å². The van der Waals surface area contributed by atoms with Crippen molar-refractivity contribution in [2.24, 2.45) is 5.41 Å². The molecule has 0 aromatic carbocycles. The number of aromatic nitrogens is 3. The first-order chi connectivity index (χ1) is 9.05. The number of hydrogen-bond donors (Lipinski definition) is 0. The van der Waals surface area contributed by atoms with Crippen LogP contribution in [0.5, 0.6) is 0 Å². The van der Waals surface area contributed by atoms with Crippen molar-refractivity contribution in [1.29, 1.82) is 0 Å². The van der Waals surface area contributed by atoms with Gasteiger partial charge in [0.05, 0.1) is 12.2 Å². The number of carbonyl (C=O) groups is 1. The van der Waals surface area contributed by atoms with Crippen LogP contribution in [0.2, 0.25) is 0 Å². The van der Waals surface area contributed by atoms with Crippen molar-refractivity contribution in [3.8, 4) is 0 Å². The summed E-state index contributed by atoms with van der Waals surface area (Å²) in [5.41, 5.74) is 2.97. The summed E-state index contributed by atoms with van der Waals surface area (Å²) in [6.45, 7) is 4.97. The van der Waals surface area contributed by atoms with Crippen molar-refractivity contribution in [3.63, 3.8) is 0 Å². The third kappa shape index (κ3) is 2.30. The van der Waals surface area contributed by atoms with E-state index in [4.69, 9.17) is 0 Å². The van der Waals surface area contributed by atoms with Crippen LogP contribution < -0.4 is 0 Å². The Kier molecular flexibility index (Phi) is 2.73. The van der Waals surface area contributed by atoms with Crippen molar-refractivity contribution in [1.82, 2.24) is 14.8 Å². The van der Waals surface area contributed by atoms with Crippen LogP contribution in [0.25, 0.3) is 0 Å². The average Bonchev–Trinajstić information content (AvgIpc) is 2.72. The van der Waals surface area contributed by atoms with Gasteiger partial charge in [-0.05, 0) is 30.0 Å². The monoisotopic (exact) mass is 255 g/mol. The molecule has 2 heterocycles. The molecular weight excluding hydrogens is 238 g/mol. The summed E-state index contributed by atoms with van der Waals surface area (Å²) >= 11 is 0. The van der Waals surface area contributed by atoms with Crippen molar-refractivity contribution in [2.45, 2.75) is 33.2 Å². The number of rotatable bonds is 2. The van der Waals surface area contributed by atoms with Crippen LogP contribution in [0.15, 0.2) is 30.6 Å². The van der Waals surface area contributed by atoms with Gasteiger partial charge in [0.25, 0.3) is 0 Å². The van der Waals surface area contributed by atoms with Gasteiger partial charge in [0.1, 0.15) is 0 Å². The topological polar surface area (TPSA) is 47.8 Å². The first-order valence-corrected chi connectivity index (χ1v) is 6.53. The summed E-state index contributed by atoms with van der Waals surface area (Å²) < 4.78 is 2.12. The Bertz CT molecular complexity index is 614. The van der Waals surface area contributed by atoms with Crippen LogP contribution >= 0.6 is 0 Å². The molecule has 3 rings (SSSR count). The van der Waals surface area contributed by atoms with Crippen molar-refractivity contribution in [3.05, 3.63) is 47.5 Å². The lowest BCUT2D eigenvalue weighted by atomic mass is 9.76. The molecule has 0 radical (unpaired) electrons. The largest absolute Gasteiger partial charge is 0.345 e. The lowest BCUT2D eigenvalue weighted by molar-refractivity contribution is 0.0910. The number of hydrogen-bond acceptors (Lipinski definition) is 3. The van der Waals surface area contributed by atoms with E-state index in [1.807, 2.05) is 24.4 Å². The number of nitrogens with zero attached hydrogens (tertiary/aromatic N) is 3. The Morgan fingerprint density at radius 1 is 1.32 bits per heavy atom. The van der Waals surface area contributed by atoms with Crippen LogP contribution in [-0.4, -0.2) is 20.5 Å². The van der Waals surface area contributed by atoms with Gasteiger partial charge in [-0.2, -0.15) is 10.2 Å². The fourth-order valence-corrected chi connectivity index (χ4v) is 2.74. The van der Waals surface area contributed by atoms with E-state index in [2.05, 4.69) is 28.6 Å². The molecule has 0 unspecified atom stereocenters. The molecule has 1 aliphatic rings. The van der Waals surface area contributed by atoms with E-state index >= 15 is 0 Å². The van der Waals surface area contributed by atoms with E-state index in [0.717, 1.165) is 23.4 Å². The van der Waals surface area contributed by atoms with Gasteiger partial charge < -0.3 is 4.57 Å². The van der Waals surface area contributed by atoms with E-state index < -0.39 is 0 Å². The van der Waals surface area contributed by atoms with Crippen LogP contribution in [0, 0.1) is 5.41 Å². The molecule has 98 valence electrons. The summed E-state index contributed by atoms with van der Waals surface area (Å²) in [5.74, 6) is 0.254. The minimum atomic E-state index is 0.0442. The SMILES string of the molecule is CC1(C)CC(=O)c2ccn(Cc3cccnn3)c2C1. The van der Waals surface area contributed by atoms with Gasteiger partial charge in [-0.15, -0.1) is 0 Å². The highest BCUT2D eigenvalue weighted by Crippen LogP contribution is 2.35. The van der Waals surface area contributed by atoms with E-state index in [9.17, 15) is 4.79 Å². The van der Waals surface area contributed by atoms with E-state index in [0.29, 0.717) is 13.0 Å². The molecular formula is C15H17N3O. The minimum absolute atomic E-state index is 0.0442. The number of ketones is 1. The smallest absolute Gasteiger partial charge is 0.165 e. The van der Waals surface area contributed by atoms with Gasteiger partial charge >= 0.3 is 0 Å². The van der Waals surface area contributed by atoms with E-state index in [1.165, 1.54) is 0 Å². The predicted octanol–water partition coefficient (Wildman–Crippen LogP) is 2.48. The minimum Gasteiger partial charge on any atom is -0.345 e. The summed E-state index contributed by atoms with van der Waals surface area (Å²) in [4.78, 5) is 12.1. The maximum absolute atomic E-state index is 12.1. The first-order valence-electron chi connectivity index (χ1n) is 6.53. The number of carbonyl (C=O) groups excluding carboxylic acids is 1. The molecule has 0 saturated carbocycles. The highest BCUT2D eigenvalue weighted by atomic mass is 16.1. The van der Waals surface area contributed by atoms with Crippen molar-refractivity contribution in [2.75, 3.05) is 0 Å². The molecule has 2 aromatic heterocycles. The zero-order valence-corrected chi connectivity index (χ0v) is 11.3. The first kappa shape index (κ1) is 12.1. The molecule has 0 bridgehead atoms. The van der Waals surface area contributed by atoms with Crippen LogP contribution in [0.1, 0.15) is 42.0 Å². The standard InChI is InChI=1S/C15H17N3O/c1-15(2)8-13-12(14(19)9-15)5-7-18(13)10-11-4-3-6-16-17-11/h3-7H,8-10H2,1-2H3. The number of Topliss-reactive ketones (excluding diaryl/α,β-unsaturated/α-hetero) is 1. The summed E-state index contributed by atoms with van der Waals surface area (Å²) in [5, 5.41) is 7.99. The molecule has 0 saturated heterocycles. The molecule has 2 aromatic rings. The maximum Gasteiger partial charge on any atom is 0.165 e. The second-order valence-electron chi connectivity index (χ2n) is 5.96. The second kappa shape index (κ2) is 4.30. The fourth-order valence-electron chi connectivity index (χ4n) is 2.74. The third-order valence-corrected chi connectivity index (χ3v) is 3.62. The molecule has 1 aliphatic carbocycles. The van der Waals surface area contributed by atoms with E-state index in [-0.39, 0.29) is 11.2 Å². The quantitative estimate of drug-likeness (QED) is 0.828. The van der Waals surface area contributed by atoms with Gasteiger partial charge in [-0.3, -0.25) is 4.79 Å². The van der Waals surface area contributed by atoms with Gasteiger partial charge in [-0.25, -0.2) is 0 Å². The highest BCUT2D eigenvalue weighted by Gasteiger charge is 2.32. The number of fused-ring (bicyclic) bond motifs is 1. The predicted molar refractivity (Wildman–Crippen MR) is 72.0 cm³/mol. The van der Waals surface area contributed by atoms with Crippen LogP contribution in [0.3, 0.4) is 0 Å². The normalized spacial score (nSPS) is 17.3. The average molecular weight is 255 g/mol. The van der Waals surface area contributed by atoms with Gasteiger partial charge in [0, 0.05) is 30.1 Å². The maximum atomic E-state index is 12.1. The molecule has 0 fully saturated rings. The summed E-state index contributed by atoms with van der Waals surface area (Å²) in [6.07, 6.45) is 5.22. The second-order valence-corrected chi connectivity index (χ2v) is 5.96. The molecule has 0 spiro atoms. The van der Waals surface area contributed by atoms with Gasteiger partial charge in [-0.1, -0.05) is 13.8 Å². The van der Waals surface area contributed by atoms with Gasteiger partial charge in [0.15, 0.2) is 5.78 Å². The zero-order chi connectivity index (χ0) is 13.5. The van der Waals surface area contributed by atoms with Gasteiger partial charge in [0.2, 0.25) is 0 Å². The lowest BCUT2D eigenvalue weighted by Gasteiger charge is -2.29. The van der Waals surface area contributed by atoms with Crippen LogP contribution in [0.4, 0.5) is 0 Å².